The number of benzene rings is 1. The Morgan fingerprint density at radius 2 is 1.97 bits per heavy atom. The van der Waals surface area contributed by atoms with Crippen molar-refractivity contribution in [3.63, 3.8) is 0 Å². The molecule has 1 amide bonds. The fourth-order valence-corrected chi connectivity index (χ4v) is 4.71. The summed E-state index contributed by atoms with van der Waals surface area (Å²) >= 11 is 1.27. The molecule has 7 nitrogen and oxygen atoms in total. The van der Waals surface area contributed by atoms with Gasteiger partial charge in [-0.05, 0) is 57.2 Å². The zero-order chi connectivity index (χ0) is 22.8. The molecular formula is C21H27FN2O5S2. The first kappa shape index (κ1) is 23.5. The summed E-state index contributed by atoms with van der Waals surface area (Å²) in [6.07, 6.45) is 3.90. The number of nitrogens with zero attached hydrogens (tertiary/aromatic N) is 2. The van der Waals surface area contributed by atoms with E-state index in [0.29, 0.717) is 41.2 Å². The molecule has 2 aromatic rings. The topological polar surface area (TPSA) is 85.8 Å². The van der Waals surface area contributed by atoms with Crippen LogP contribution in [0.3, 0.4) is 0 Å². The van der Waals surface area contributed by atoms with Crippen LogP contribution in [-0.2, 0) is 14.6 Å². The van der Waals surface area contributed by atoms with Gasteiger partial charge < -0.3 is 14.4 Å². The molecule has 0 unspecified atom stereocenters. The summed E-state index contributed by atoms with van der Waals surface area (Å²) in [7, 11) is -3.61. The van der Waals surface area contributed by atoms with E-state index in [1.54, 1.807) is 17.2 Å². The van der Waals surface area contributed by atoms with E-state index in [9.17, 15) is 17.6 Å². The first-order valence-electron chi connectivity index (χ1n) is 9.99. The molecule has 0 aliphatic carbocycles. The van der Waals surface area contributed by atoms with Crippen LogP contribution in [-0.4, -0.2) is 55.9 Å². The second kappa shape index (κ2) is 9.12. The minimum Gasteiger partial charge on any atom is -0.470 e. The quantitative estimate of drug-likeness (QED) is 0.645. The number of rotatable bonds is 5. The summed E-state index contributed by atoms with van der Waals surface area (Å²) < 4.78 is 48.5. The second-order valence-corrected chi connectivity index (χ2v) is 11.6. The van der Waals surface area contributed by atoms with E-state index in [2.05, 4.69) is 4.98 Å². The molecule has 1 fully saturated rings. The van der Waals surface area contributed by atoms with E-state index in [1.807, 2.05) is 20.8 Å². The Kier molecular flexibility index (Phi) is 6.90. The highest BCUT2D eigenvalue weighted by atomic mass is 32.2. The molecule has 3 rings (SSSR count). The number of ether oxygens (including phenoxy) is 2. The summed E-state index contributed by atoms with van der Waals surface area (Å²) in [5.74, 6) is -0.481. The molecule has 31 heavy (non-hydrogen) atoms. The van der Waals surface area contributed by atoms with Gasteiger partial charge in [0.05, 0.1) is 11.5 Å². The number of hydrogen-bond acceptors (Lipinski definition) is 7. The first-order chi connectivity index (χ1) is 14.4. The fourth-order valence-electron chi connectivity index (χ4n) is 3.21. The fraction of sp³-hybridized carbons (Fsp3) is 0.524. The highest BCUT2D eigenvalue weighted by Crippen LogP contribution is 2.32. The lowest BCUT2D eigenvalue weighted by molar-refractivity contribution is 0.0165. The summed E-state index contributed by atoms with van der Waals surface area (Å²) in [5, 5.41) is 0.470. The molecule has 0 bridgehead atoms. The van der Waals surface area contributed by atoms with Gasteiger partial charge in [0.15, 0.2) is 9.84 Å². The number of sulfone groups is 1. The minimum atomic E-state index is -3.61. The number of piperidine rings is 1. The van der Waals surface area contributed by atoms with Gasteiger partial charge in [0.2, 0.25) is 0 Å². The highest BCUT2D eigenvalue weighted by Gasteiger charge is 2.27. The van der Waals surface area contributed by atoms with E-state index in [-0.39, 0.29) is 11.0 Å². The van der Waals surface area contributed by atoms with Crippen molar-refractivity contribution in [2.45, 2.75) is 44.1 Å². The molecule has 1 aromatic carbocycles. The van der Waals surface area contributed by atoms with Crippen molar-refractivity contribution >= 4 is 27.3 Å². The summed E-state index contributed by atoms with van der Waals surface area (Å²) in [6.45, 7) is 7.28. The van der Waals surface area contributed by atoms with Crippen LogP contribution < -0.4 is 4.74 Å². The maximum atomic E-state index is 14.1. The monoisotopic (exact) mass is 470 g/mol. The Hall–Kier alpha value is -2.20. The van der Waals surface area contributed by atoms with Crippen LogP contribution in [0.1, 0.15) is 33.6 Å². The van der Waals surface area contributed by atoms with Crippen LogP contribution >= 0.6 is 11.3 Å². The van der Waals surface area contributed by atoms with Crippen LogP contribution in [0.5, 0.6) is 5.19 Å². The molecule has 0 N–H and O–H groups in total. The zero-order valence-corrected chi connectivity index (χ0v) is 19.7. The number of carbonyl (C=O) groups excluding carboxylic acids is 1. The molecule has 1 aliphatic rings. The predicted octanol–water partition coefficient (Wildman–Crippen LogP) is 4.38. The van der Waals surface area contributed by atoms with E-state index >= 15 is 0 Å². The number of halogens is 1. The Morgan fingerprint density at radius 3 is 2.55 bits per heavy atom. The molecule has 0 spiro atoms. The average molecular weight is 471 g/mol. The molecule has 0 atom stereocenters. The van der Waals surface area contributed by atoms with Gasteiger partial charge in [0.25, 0.3) is 5.19 Å². The van der Waals surface area contributed by atoms with Gasteiger partial charge in [-0.1, -0.05) is 17.4 Å². The Labute approximate surface area is 186 Å². The summed E-state index contributed by atoms with van der Waals surface area (Å²) in [6, 6.07) is 4.02. The van der Waals surface area contributed by atoms with Crippen LogP contribution in [0.25, 0.3) is 10.4 Å². The van der Waals surface area contributed by atoms with Crippen LogP contribution in [0, 0.1) is 11.7 Å². The van der Waals surface area contributed by atoms with Gasteiger partial charge in [0.1, 0.15) is 16.3 Å². The van der Waals surface area contributed by atoms with Gasteiger partial charge in [-0.25, -0.2) is 22.6 Å². The van der Waals surface area contributed by atoms with Crippen molar-refractivity contribution in [2.24, 2.45) is 5.92 Å². The molecule has 0 radical (unpaired) electrons. The number of carbonyl (C=O) groups is 1. The smallest absolute Gasteiger partial charge is 0.410 e. The Bertz CT molecular complexity index is 1040. The summed E-state index contributed by atoms with van der Waals surface area (Å²) in [4.78, 5) is 18.5. The largest absolute Gasteiger partial charge is 0.470 e. The van der Waals surface area contributed by atoms with E-state index in [0.717, 1.165) is 19.1 Å². The lowest BCUT2D eigenvalue weighted by atomic mass is 9.98. The predicted molar refractivity (Wildman–Crippen MR) is 117 cm³/mol. The number of aromatic nitrogens is 1. The average Bonchev–Trinajstić information content (AvgIpc) is 3.13. The maximum Gasteiger partial charge on any atom is 0.410 e. The normalized spacial score (nSPS) is 15.7. The first-order valence-corrected chi connectivity index (χ1v) is 12.7. The van der Waals surface area contributed by atoms with Gasteiger partial charge in [0, 0.05) is 25.5 Å². The summed E-state index contributed by atoms with van der Waals surface area (Å²) in [5.41, 5.74) is 0.0380. The van der Waals surface area contributed by atoms with E-state index < -0.39 is 21.3 Å². The van der Waals surface area contributed by atoms with Crippen molar-refractivity contribution in [3.05, 3.63) is 30.2 Å². The Morgan fingerprint density at radius 1 is 1.29 bits per heavy atom. The number of hydrogen-bond donors (Lipinski definition) is 0. The van der Waals surface area contributed by atoms with Crippen LogP contribution in [0.4, 0.5) is 9.18 Å². The van der Waals surface area contributed by atoms with Gasteiger partial charge in [-0.15, -0.1) is 0 Å². The highest BCUT2D eigenvalue weighted by molar-refractivity contribution is 7.90. The van der Waals surface area contributed by atoms with Crippen LogP contribution in [0.15, 0.2) is 29.3 Å². The van der Waals surface area contributed by atoms with Crippen LogP contribution in [0.2, 0.25) is 0 Å². The molecule has 0 saturated carbocycles. The van der Waals surface area contributed by atoms with Crippen molar-refractivity contribution in [3.8, 4) is 15.6 Å². The molecule has 1 aromatic heterocycles. The van der Waals surface area contributed by atoms with E-state index in [1.165, 1.54) is 23.5 Å². The van der Waals surface area contributed by atoms with Gasteiger partial charge >= 0.3 is 6.09 Å². The number of thiazole rings is 1. The van der Waals surface area contributed by atoms with Crippen molar-refractivity contribution in [1.82, 2.24) is 9.88 Å². The lowest BCUT2D eigenvalue weighted by Crippen LogP contribution is -2.42. The minimum absolute atomic E-state index is 0.287. The molecule has 170 valence electrons. The van der Waals surface area contributed by atoms with Gasteiger partial charge in [-0.3, -0.25) is 0 Å². The standard InChI is InChI=1S/C21H27FN2O5S2/c1-21(2,3)29-20(25)24-9-7-14(8-10-24)13-28-19-23-12-17(30-19)15-5-6-18(16(22)11-15)31(4,26)27/h5-6,11-12,14H,7-10,13H2,1-4H3. The third-order valence-electron chi connectivity index (χ3n) is 4.81. The molecule has 2 heterocycles. The van der Waals surface area contributed by atoms with Crippen molar-refractivity contribution in [1.29, 1.82) is 0 Å². The molecule has 10 heteroatoms. The van der Waals surface area contributed by atoms with Gasteiger partial charge in [-0.2, -0.15) is 0 Å². The Balaban J connectivity index is 1.53. The SMILES string of the molecule is CC(C)(C)OC(=O)N1CCC(COc2ncc(-c3ccc(S(C)(=O)=O)c(F)c3)s2)CC1. The van der Waals surface area contributed by atoms with E-state index in [4.69, 9.17) is 9.47 Å². The van der Waals surface area contributed by atoms with Crippen molar-refractivity contribution < 1.29 is 27.1 Å². The second-order valence-electron chi connectivity index (χ2n) is 8.63. The third-order valence-corrected chi connectivity index (χ3v) is 6.90. The molecule has 1 saturated heterocycles. The number of likely N-dealkylation sites (tertiary alicyclic amines) is 1. The number of amides is 1. The maximum absolute atomic E-state index is 14.1. The van der Waals surface area contributed by atoms with Crippen molar-refractivity contribution in [2.75, 3.05) is 26.0 Å². The molecular weight excluding hydrogens is 443 g/mol. The lowest BCUT2D eigenvalue weighted by Gasteiger charge is -2.33. The molecule has 1 aliphatic heterocycles. The zero-order valence-electron chi connectivity index (χ0n) is 18.1. The third kappa shape index (κ3) is 6.39.